The standard InChI is InChI=1S/C16H16F2N4O2S/c17-16(18)7-22-6-10(8-2-1-3-8)21-15(23)14-11(22)12(24-16)13(25-14)9-4-19-20-5-9/h4-5,8,10H,1-3,6-7H2,(H,19,20)(H,21,23)/t10-/m0/s1. The van der Waals surface area contributed by atoms with Crippen molar-refractivity contribution in [3.8, 4) is 16.2 Å². The van der Waals surface area contributed by atoms with Gasteiger partial charge in [-0.1, -0.05) is 6.42 Å². The molecule has 2 aromatic heterocycles. The van der Waals surface area contributed by atoms with E-state index in [9.17, 15) is 13.6 Å². The molecule has 6 nitrogen and oxygen atoms in total. The highest BCUT2D eigenvalue weighted by Crippen LogP contribution is 2.53. The quantitative estimate of drug-likeness (QED) is 0.858. The maximum absolute atomic E-state index is 14.2. The summed E-state index contributed by atoms with van der Waals surface area (Å²) in [4.78, 5) is 15.3. The molecule has 4 heterocycles. The number of carbonyl (C=O) groups is 1. The molecule has 1 saturated carbocycles. The molecule has 0 unspecified atom stereocenters. The van der Waals surface area contributed by atoms with Crippen molar-refractivity contribution in [2.75, 3.05) is 18.0 Å². The van der Waals surface area contributed by atoms with E-state index in [1.54, 1.807) is 11.1 Å². The summed E-state index contributed by atoms with van der Waals surface area (Å²) in [6.45, 7) is -0.149. The van der Waals surface area contributed by atoms with Crippen LogP contribution < -0.4 is 15.0 Å². The third kappa shape index (κ3) is 2.32. The van der Waals surface area contributed by atoms with Crippen molar-refractivity contribution in [1.82, 2.24) is 15.5 Å². The highest BCUT2D eigenvalue weighted by molar-refractivity contribution is 7.18. The normalized spacial score (nSPS) is 24.8. The van der Waals surface area contributed by atoms with Gasteiger partial charge < -0.3 is 15.0 Å². The van der Waals surface area contributed by atoms with Gasteiger partial charge in [0.25, 0.3) is 5.91 Å². The lowest BCUT2D eigenvalue weighted by Crippen LogP contribution is -2.51. The summed E-state index contributed by atoms with van der Waals surface area (Å²) < 4.78 is 33.5. The SMILES string of the molecule is O=C1N[C@H](C2CCC2)CN2CC(F)(F)Oc3c(-c4cn[nH]c4)sc1c32. The molecule has 5 rings (SSSR count). The van der Waals surface area contributed by atoms with E-state index in [0.717, 1.165) is 19.3 Å². The van der Waals surface area contributed by atoms with E-state index in [4.69, 9.17) is 4.74 Å². The zero-order valence-corrected chi connectivity index (χ0v) is 14.0. The number of thiophene rings is 1. The number of rotatable bonds is 2. The van der Waals surface area contributed by atoms with Crippen LogP contribution in [0.2, 0.25) is 0 Å². The van der Waals surface area contributed by atoms with Crippen molar-refractivity contribution >= 4 is 22.9 Å². The molecule has 0 radical (unpaired) electrons. The van der Waals surface area contributed by atoms with Gasteiger partial charge in [0.15, 0.2) is 5.75 Å². The van der Waals surface area contributed by atoms with Crippen molar-refractivity contribution in [3.05, 3.63) is 17.3 Å². The number of alkyl halides is 2. The predicted octanol–water partition coefficient (Wildman–Crippen LogP) is 2.84. The Balaban J connectivity index is 1.63. The van der Waals surface area contributed by atoms with Crippen LogP contribution in [0.15, 0.2) is 12.4 Å². The average molecular weight is 366 g/mol. The van der Waals surface area contributed by atoms with Gasteiger partial charge in [-0.25, -0.2) is 0 Å². The van der Waals surface area contributed by atoms with Crippen LogP contribution in [0.5, 0.6) is 5.75 Å². The summed E-state index contributed by atoms with van der Waals surface area (Å²) in [7, 11) is 0. The average Bonchev–Trinajstić information content (AvgIpc) is 3.08. The number of ether oxygens (including phenoxy) is 1. The second-order valence-electron chi connectivity index (χ2n) is 6.82. The van der Waals surface area contributed by atoms with Gasteiger partial charge in [-0.3, -0.25) is 9.89 Å². The topological polar surface area (TPSA) is 70.2 Å². The number of amides is 1. The molecule has 0 spiro atoms. The molecular formula is C16H16F2N4O2S. The van der Waals surface area contributed by atoms with Crippen molar-refractivity contribution in [2.24, 2.45) is 5.92 Å². The number of halogens is 2. The van der Waals surface area contributed by atoms with Gasteiger partial charge >= 0.3 is 6.11 Å². The fourth-order valence-electron chi connectivity index (χ4n) is 3.77. The summed E-state index contributed by atoms with van der Waals surface area (Å²) in [5, 5.41) is 9.59. The minimum absolute atomic E-state index is 0.0852. The molecule has 0 aromatic carbocycles. The van der Waals surface area contributed by atoms with Crippen LogP contribution in [0.25, 0.3) is 10.4 Å². The number of H-pyrrole nitrogens is 1. The monoisotopic (exact) mass is 366 g/mol. The fraction of sp³-hybridized carbons (Fsp3) is 0.500. The number of aromatic nitrogens is 2. The maximum atomic E-state index is 14.2. The van der Waals surface area contributed by atoms with Gasteiger partial charge in [-0.05, 0) is 18.8 Å². The van der Waals surface area contributed by atoms with Crippen molar-refractivity contribution < 1.29 is 18.3 Å². The molecule has 2 N–H and O–H groups in total. The van der Waals surface area contributed by atoms with Gasteiger partial charge in [0.2, 0.25) is 0 Å². The Kier molecular flexibility index (Phi) is 3.13. The molecule has 132 valence electrons. The first-order valence-corrected chi connectivity index (χ1v) is 9.12. The maximum Gasteiger partial charge on any atom is 0.416 e. The third-order valence-electron chi connectivity index (χ3n) is 5.20. The molecule has 1 atom stereocenters. The van der Waals surface area contributed by atoms with E-state index in [1.165, 1.54) is 17.5 Å². The lowest BCUT2D eigenvalue weighted by atomic mass is 9.79. The van der Waals surface area contributed by atoms with Gasteiger partial charge in [0.05, 0.1) is 11.1 Å². The molecule has 0 saturated heterocycles. The Labute approximate surface area is 146 Å². The summed E-state index contributed by atoms with van der Waals surface area (Å²) in [5.74, 6) is 0.248. The third-order valence-corrected chi connectivity index (χ3v) is 6.41. The Hall–Kier alpha value is -2.16. The number of aromatic amines is 1. The van der Waals surface area contributed by atoms with Crippen LogP contribution in [0, 0.1) is 5.92 Å². The number of hydrogen-bond donors (Lipinski definition) is 2. The van der Waals surface area contributed by atoms with Gasteiger partial charge in [-0.15, -0.1) is 11.3 Å². The molecule has 25 heavy (non-hydrogen) atoms. The van der Waals surface area contributed by atoms with Gasteiger partial charge in [-0.2, -0.15) is 13.9 Å². The fourth-order valence-corrected chi connectivity index (χ4v) is 4.91. The van der Waals surface area contributed by atoms with Crippen LogP contribution in [0.4, 0.5) is 14.5 Å². The first-order chi connectivity index (χ1) is 12.0. The van der Waals surface area contributed by atoms with E-state index in [0.29, 0.717) is 33.5 Å². The highest BCUT2D eigenvalue weighted by Gasteiger charge is 2.48. The van der Waals surface area contributed by atoms with Crippen LogP contribution in [0.3, 0.4) is 0 Å². The number of anilines is 1. The Morgan fingerprint density at radius 2 is 2.20 bits per heavy atom. The summed E-state index contributed by atoms with van der Waals surface area (Å²) in [6, 6.07) is -0.0972. The number of nitrogens with one attached hydrogen (secondary N) is 2. The molecule has 1 fully saturated rings. The van der Waals surface area contributed by atoms with Crippen molar-refractivity contribution in [3.63, 3.8) is 0 Å². The van der Waals surface area contributed by atoms with E-state index >= 15 is 0 Å². The molecule has 1 aliphatic carbocycles. The molecular weight excluding hydrogens is 350 g/mol. The Morgan fingerprint density at radius 1 is 1.36 bits per heavy atom. The van der Waals surface area contributed by atoms with Crippen LogP contribution in [0.1, 0.15) is 28.9 Å². The van der Waals surface area contributed by atoms with Gasteiger partial charge in [0.1, 0.15) is 17.1 Å². The first-order valence-electron chi connectivity index (χ1n) is 8.30. The smallest absolute Gasteiger partial charge is 0.416 e. The van der Waals surface area contributed by atoms with Crippen LogP contribution in [-0.4, -0.2) is 41.3 Å². The number of carbonyl (C=O) groups excluding carboxylic acids is 1. The van der Waals surface area contributed by atoms with E-state index in [-0.39, 0.29) is 17.7 Å². The predicted molar refractivity (Wildman–Crippen MR) is 88.3 cm³/mol. The zero-order valence-electron chi connectivity index (χ0n) is 13.2. The summed E-state index contributed by atoms with van der Waals surface area (Å²) in [5.41, 5.74) is 1.13. The minimum Gasteiger partial charge on any atom is -0.427 e. The lowest BCUT2D eigenvalue weighted by Gasteiger charge is -2.39. The van der Waals surface area contributed by atoms with Crippen LogP contribution >= 0.6 is 11.3 Å². The number of nitrogens with zero attached hydrogens (tertiary/aromatic N) is 2. The van der Waals surface area contributed by atoms with E-state index < -0.39 is 12.7 Å². The molecule has 3 aliphatic rings. The largest absolute Gasteiger partial charge is 0.427 e. The molecule has 0 bridgehead atoms. The lowest BCUT2D eigenvalue weighted by molar-refractivity contribution is -0.171. The zero-order chi connectivity index (χ0) is 17.2. The summed E-state index contributed by atoms with van der Waals surface area (Å²) >= 11 is 1.18. The molecule has 9 heteroatoms. The minimum atomic E-state index is -3.29. The van der Waals surface area contributed by atoms with Crippen LogP contribution in [-0.2, 0) is 0 Å². The van der Waals surface area contributed by atoms with E-state index in [1.807, 2.05) is 0 Å². The first kappa shape index (κ1) is 15.1. The highest BCUT2D eigenvalue weighted by atomic mass is 32.1. The van der Waals surface area contributed by atoms with E-state index in [2.05, 4.69) is 15.5 Å². The molecule has 1 amide bonds. The summed E-state index contributed by atoms with van der Waals surface area (Å²) in [6.07, 6.45) is 3.06. The number of hydrogen-bond acceptors (Lipinski definition) is 5. The second-order valence-corrected chi connectivity index (χ2v) is 7.84. The Morgan fingerprint density at radius 3 is 2.88 bits per heavy atom. The molecule has 2 aromatic rings. The van der Waals surface area contributed by atoms with Crippen molar-refractivity contribution in [2.45, 2.75) is 31.4 Å². The Bertz CT molecular complexity index is 832. The van der Waals surface area contributed by atoms with Gasteiger partial charge in [0, 0.05) is 24.3 Å². The molecule has 2 aliphatic heterocycles. The second kappa shape index (κ2) is 5.17. The van der Waals surface area contributed by atoms with Crippen molar-refractivity contribution in [1.29, 1.82) is 0 Å².